The van der Waals surface area contributed by atoms with Crippen molar-refractivity contribution in [3.05, 3.63) is 0 Å². The van der Waals surface area contributed by atoms with Crippen LogP contribution in [0, 0.1) is 17.8 Å². The Morgan fingerprint density at radius 3 is 2.92 bits per heavy atom. The van der Waals surface area contributed by atoms with E-state index in [1.807, 2.05) is 13.8 Å². The highest BCUT2D eigenvalue weighted by Crippen LogP contribution is 2.45. The highest BCUT2D eigenvalue weighted by molar-refractivity contribution is 5.82. The number of nitrogens with one attached hydrogen (secondary N) is 1. The van der Waals surface area contributed by atoms with Gasteiger partial charge < -0.3 is 10.4 Å². The first-order valence-corrected chi connectivity index (χ1v) is 5.09. The lowest BCUT2D eigenvalue weighted by atomic mass is 9.82. The van der Waals surface area contributed by atoms with E-state index in [4.69, 9.17) is 0 Å². The van der Waals surface area contributed by atoms with E-state index in [9.17, 15) is 9.90 Å². The van der Waals surface area contributed by atoms with E-state index < -0.39 is 5.72 Å². The van der Waals surface area contributed by atoms with Crippen LogP contribution in [0.25, 0.3) is 0 Å². The van der Waals surface area contributed by atoms with Crippen molar-refractivity contribution in [2.45, 2.75) is 38.8 Å². The highest BCUT2D eigenvalue weighted by Gasteiger charge is 2.55. The number of fused-ring (bicyclic) bond motifs is 1. The molecule has 1 heterocycles. The predicted octanol–water partition coefficient (Wildman–Crippen LogP) is 0.877. The number of rotatable bonds is 1. The van der Waals surface area contributed by atoms with Gasteiger partial charge in [-0.15, -0.1) is 0 Å². The molecule has 2 aliphatic rings. The monoisotopic (exact) mass is 183 g/mol. The van der Waals surface area contributed by atoms with Gasteiger partial charge in [0.2, 0.25) is 5.91 Å². The van der Waals surface area contributed by atoms with Crippen molar-refractivity contribution >= 4 is 5.91 Å². The van der Waals surface area contributed by atoms with Gasteiger partial charge in [-0.25, -0.2) is 0 Å². The zero-order valence-corrected chi connectivity index (χ0v) is 8.21. The number of amides is 1. The first kappa shape index (κ1) is 9.00. The van der Waals surface area contributed by atoms with E-state index in [2.05, 4.69) is 5.32 Å². The summed E-state index contributed by atoms with van der Waals surface area (Å²) < 4.78 is 0. The summed E-state index contributed by atoms with van der Waals surface area (Å²) >= 11 is 0. The van der Waals surface area contributed by atoms with E-state index in [0.29, 0.717) is 5.92 Å². The summed E-state index contributed by atoms with van der Waals surface area (Å²) in [6.07, 6.45) is 2.75. The molecular formula is C10H17NO2. The van der Waals surface area contributed by atoms with Crippen LogP contribution in [0.3, 0.4) is 0 Å². The fraction of sp³-hybridized carbons (Fsp3) is 0.900. The fourth-order valence-corrected chi connectivity index (χ4v) is 2.89. The van der Waals surface area contributed by atoms with Crippen molar-refractivity contribution in [1.82, 2.24) is 5.32 Å². The van der Waals surface area contributed by atoms with Gasteiger partial charge in [-0.1, -0.05) is 13.8 Å². The highest BCUT2D eigenvalue weighted by atomic mass is 16.3. The summed E-state index contributed by atoms with van der Waals surface area (Å²) in [4.78, 5) is 11.6. The first-order chi connectivity index (χ1) is 6.04. The van der Waals surface area contributed by atoms with Crippen molar-refractivity contribution in [2.24, 2.45) is 17.8 Å². The molecule has 1 aliphatic heterocycles. The predicted molar refractivity (Wildman–Crippen MR) is 48.8 cm³/mol. The molecule has 1 saturated carbocycles. The van der Waals surface area contributed by atoms with Crippen LogP contribution in [0.5, 0.6) is 0 Å². The average molecular weight is 183 g/mol. The molecule has 2 fully saturated rings. The number of hydrogen-bond donors (Lipinski definition) is 2. The average Bonchev–Trinajstić information content (AvgIpc) is 2.40. The molecule has 2 rings (SSSR count). The Morgan fingerprint density at radius 1 is 1.62 bits per heavy atom. The second-order valence-electron chi connectivity index (χ2n) is 4.68. The Kier molecular flexibility index (Phi) is 1.88. The third-order valence-corrected chi connectivity index (χ3v) is 3.48. The lowest BCUT2D eigenvalue weighted by Crippen LogP contribution is -2.42. The number of aliphatic hydroxyl groups is 1. The topological polar surface area (TPSA) is 49.3 Å². The Hall–Kier alpha value is -0.570. The van der Waals surface area contributed by atoms with Crippen LogP contribution in [-0.2, 0) is 4.79 Å². The molecule has 3 heteroatoms. The fourth-order valence-electron chi connectivity index (χ4n) is 2.89. The largest absolute Gasteiger partial charge is 0.371 e. The summed E-state index contributed by atoms with van der Waals surface area (Å²) in [5, 5.41) is 12.8. The van der Waals surface area contributed by atoms with Crippen LogP contribution in [0.1, 0.15) is 33.1 Å². The van der Waals surface area contributed by atoms with E-state index in [1.54, 1.807) is 0 Å². The Labute approximate surface area is 78.5 Å². The normalized spacial score (nSPS) is 43.8. The molecule has 0 radical (unpaired) electrons. The second kappa shape index (κ2) is 2.71. The van der Waals surface area contributed by atoms with Crippen molar-refractivity contribution in [1.29, 1.82) is 0 Å². The third kappa shape index (κ3) is 1.17. The smallest absolute Gasteiger partial charge is 0.226 e. The molecule has 0 aromatic heterocycles. The van der Waals surface area contributed by atoms with E-state index >= 15 is 0 Å². The molecule has 3 atom stereocenters. The van der Waals surface area contributed by atoms with E-state index in [1.165, 1.54) is 0 Å². The van der Waals surface area contributed by atoms with Crippen LogP contribution >= 0.6 is 0 Å². The van der Waals surface area contributed by atoms with Gasteiger partial charge >= 0.3 is 0 Å². The SMILES string of the molecule is CC(C)[C@@H]1C(=O)N[C@@]2(O)CCC[C@@H]12. The molecule has 0 spiro atoms. The summed E-state index contributed by atoms with van der Waals surface area (Å²) in [5.41, 5.74) is -0.869. The van der Waals surface area contributed by atoms with Crippen LogP contribution in [-0.4, -0.2) is 16.7 Å². The van der Waals surface area contributed by atoms with Gasteiger partial charge in [0.15, 0.2) is 0 Å². The lowest BCUT2D eigenvalue weighted by Gasteiger charge is -2.24. The molecule has 2 N–H and O–H groups in total. The maximum atomic E-state index is 11.6. The molecular weight excluding hydrogens is 166 g/mol. The zero-order chi connectivity index (χ0) is 9.64. The molecule has 0 aromatic rings. The Balaban J connectivity index is 2.26. The van der Waals surface area contributed by atoms with Crippen LogP contribution in [0.2, 0.25) is 0 Å². The summed E-state index contributed by atoms with van der Waals surface area (Å²) in [6.45, 7) is 4.10. The first-order valence-electron chi connectivity index (χ1n) is 5.09. The minimum absolute atomic E-state index is 0.0208. The van der Waals surface area contributed by atoms with Gasteiger partial charge in [-0.2, -0.15) is 0 Å². The number of hydrogen-bond acceptors (Lipinski definition) is 2. The molecule has 13 heavy (non-hydrogen) atoms. The van der Waals surface area contributed by atoms with E-state index in [0.717, 1.165) is 19.3 Å². The molecule has 1 aliphatic carbocycles. The molecule has 1 saturated heterocycles. The summed E-state index contributed by atoms with van der Waals surface area (Å²) in [6, 6.07) is 0. The standard InChI is InChI=1S/C10H17NO2/c1-6(2)8-7-4-3-5-10(7,13)11-9(8)12/h6-8,13H,3-5H2,1-2H3,(H,11,12)/t7-,8-,10+/m0/s1. The summed E-state index contributed by atoms with van der Waals surface area (Å²) in [7, 11) is 0. The molecule has 0 aromatic carbocycles. The van der Waals surface area contributed by atoms with Crippen molar-refractivity contribution in [3.8, 4) is 0 Å². The van der Waals surface area contributed by atoms with Crippen LogP contribution in [0.15, 0.2) is 0 Å². The quantitative estimate of drug-likeness (QED) is 0.634. The van der Waals surface area contributed by atoms with Crippen LogP contribution in [0.4, 0.5) is 0 Å². The van der Waals surface area contributed by atoms with Gasteiger partial charge in [0.25, 0.3) is 0 Å². The molecule has 3 nitrogen and oxygen atoms in total. The molecule has 74 valence electrons. The Bertz CT molecular complexity index is 239. The van der Waals surface area contributed by atoms with Crippen LogP contribution < -0.4 is 5.32 Å². The van der Waals surface area contributed by atoms with Crippen molar-refractivity contribution in [3.63, 3.8) is 0 Å². The number of carbonyl (C=O) groups excluding carboxylic acids is 1. The third-order valence-electron chi connectivity index (χ3n) is 3.48. The number of carbonyl (C=O) groups is 1. The maximum absolute atomic E-state index is 11.6. The van der Waals surface area contributed by atoms with Gasteiger partial charge in [0.1, 0.15) is 5.72 Å². The van der Waals surface area contributed by atoms with Gasteiger partial charge in [0.05, 0.1) is 0 Å². The molecule has 0 bridgehead atoms. The van der Waals surface area contributed by atoms with E-state index in [-0.39, 0.29) is 17.7 Å². The molecule has 1 amide bonds. The van der Waals surface area contributed by atoms with Gasteiger partial charge in [-0.05, 0) is 25.2 Å². The lowest BCUT2D eigenvalue weighted by molar-refractivity contribution is -0.125. The minimum Gasteiger partial charge on any atom is -0.371 e. The van der Waals surface area contributed by atoms with Crippen molar-refractivity contribution in [2.75, 3.05) is 0 Å². The van der Waals surface area contributed by atoms with Gasteiger partial charge in [-0.3, -0.25) is 4.79 Å². The van der Waals surface area contributed by atoms with Gasteiger partial charge in [0, 0.05) is 11.8 Å². The van der Waals surface area contributed by atoms with Crippen molar-refractivity contribution < 1.29 is 9.90 Å². The Morgan fingerprint density at radius 2 is 2.31 bits per heavy atom. The molecule has 0 unspecified atom stereocenters. The minimum atomic E-state index is -0.869. The maximum Gasteiger partial charge on any atom is 0.226 e. The zero-order valence-electron chi connectivity index (χ0n) is 8.21. The second-order valence-corrected chi connectivity index (χ2v) is 4.68. The summed E-state index contributed by atoms with van der Waals surface area (Å²) in [5.74, 6) is 0.548.